The third-order valence-corrected chi connectivity index (χ3v) is 1.49. The average Bonchev–Trinajstić information content (AvgIpc) is 2.06. The Kier molecular flexibility index (Phi) is 1.22. The molecule has 3 heteroatoms. The van der Waals surface area contributed by atoms with Crippen molar-refractivity contribution in [2.45, 2.75) is 0 Å². The van der Waals surface area contributed by atoms with Crippen LogP contribution in [0.2, 0.25) is 0 Å². The molecule has 0 amide bonds. The number of nitrogens with zero attached hydrogens (tertiary/aromatic N) is 1. The van der Waals surface area contributed by atoms with E-state index in [0.29, 0.717) is 5.39 Å². The van der Waals surface area contributed by atoms with Gasteiger partial charge in [0.2, 0.25) is 0 Å². The fourth-order valence-electron chi connectivity index (χ4n) is 0.970. The van der Waals surface area contributed by atoms with Crippen LogP contribution in [-0.2, 0) is 0 Å². The Morgan fingerprint density at radius 2 is 2.45 bits per heavy atom. The van der Waals surface area contributed by atoms with Gasteiger partial charge in [0.1, 0.15) is 0 Å². The van der Waals surface area contributed by atoms with E-state index in [4.69, 9.17) is 0 Å². The van der Waals surface area contributed by atoms with Crippen molar-refractivity contribution in [1.29, 1.82) is 0 Å². The number of fused-ring (bicyclic) bond motifs is 1. The molecule has 0 spiro atoms. The lowest BCUT2D eigenvalue weighted by Crippen LogP contribution is -2.06. The number of hydrogen-bond donors (Lipinski definition) is 1. The number of H-pyrrole nitrogens is 1. The Morgan fingerprint density at radius 3 is 3.27 bits per heavy atom. The SMILES string of the molecule is O=c1[nH]ncc2ccc[c]c12. The Bertz CT molecular complexity index is 428. The summed E-state index contributed by atoms with van der Waals surface area (Å²) in [5, 5.41) is 7.37. The summed E-state index contributed by atoms with van der Waals surface area (Å²) in [7, 11) is 0. The first kappa shape index (κ1) is 6.09. The van der Waals surface area contributed by atoms with E-state index in [1.54, 1.807) is 12.3 Å². The third-order valence-electron chi connectivity index (χ3n) is 1.49. The number of nitrogens with one attached hydrogen (secondary N) is 1. The molecular weight excluding hydrogens is 140 g/mol. The molecule has 2 aromatic rings. The van der Waals surface area contributed by atoms with Gasteiger partial charge in [-0.1, -0.05) is 18.2 Å². The van der Waals surface area contributed by atoms with Crippen molar-refractivity contribution in [3.8, 4) is 0 Å². The van der Waals surface area contributed by atoms with Gasteiger partial charge in [0.15, 0.2) is 0 Å². The second-order valence-electron chi connectivity index (χ2n) is 2.20. The van der Waals surface area contributed by atoms with Crippen LogP contribution in [0.15, 0.2) is 29.2 Å². The van der Waals surface area contributed by atoms with Gasteiger partial charge < -0.3 is 0 Å². The summed E-state index contributed by atoms with van der Waals surface area (Å²) >= 11 is 0. The van der Waals surface area contributed by atoms with Crippen molar-refractivity contribution in [2.75, 3.05) is 0 Å². The van der Waals surface area contributed by atoms with E-state index >= 15 is 0 Å². The zero-order valence-corrected chi connectivity index (χ0v) is 5.66. The molecule has 11 heavy (non-hydrogen) atoms. The van der Waals surface area contributed by atoms with Crippen LogP contribution in [0.1, 0.15) is 0 Å². The molecule has 0 bridgehead atoms. The molecule has 2 rings (SSSR count). The van der Waals surface area contributed by atoms with Crippen LogP contribution in [0.25, 0.3) is 10.8 Å². The predicted octanol–water partition coefficient (Wildman–Crippen LogP) is 0.723. The maximum absolute atomic E-state index is 11.0. The van der Waals surface area contributed by atoms with Crippen LogP contribution in [0.3, 0.4) is 0 Å². The van der Waals surface area contributed by atoms with Crippen LogP contribution >= 0.6 is 0 Å². The van der Waals surface area contributed by atoms with Gasteiger partial charge in [-0.05, 0) is 6.07 Å². The summed E-state index contributed by atoms with van der Waals surface area (Å²) in [6.45, 7) is 0. The highest BCUT2D eigenvalue weighted by Gasteiger charge is 1.94. The largest absolute Gasteiger partial charge is 0.272 e. The molecule has 1 radical (unpaired) electrons. The maximum Gasteiger partial charge on any atom is 0.272 e. The Balaban J connectivity index is 3.03. The lowest BCUT2D eigenvalue weighted by atomic mass is 10.2. The van der Waals surface area contributed by atoms with Crippen molar-refractivity contribution in [3.05, 3.63) is 40.8 Å². The standard InChI is InChI=1S/C8H5N2O/c11-8-7-4-2-1-3-6(7)5-9-10-8/h1-3,5H,(H,10,11). The van der Waals surface area contributed by atoms with Gasteiger partial charge >= 0.3 is 0 Å². The molecule has 1 heterocycles. The fourth-order valence-corrected chi connectivity index (χ4v) is 0.970. The van der Waals surface area contributed by atoms with Crippen LogP contribution in [-0.4, -0.2) is 10.2 Å². The minimum absolute atomic E-state index is 0.192. The highest BCUT2D eigenvalue weighted by molar-refractivity contribution is 5.79. The Labute approximate surface area is 62.7 Å². The van der Waals surface area contributed by atoms with Crippen LogP contribution < -0.4 is 5.56 Å². The lowest BCUT2D eigenvalue weighted by molar-refractivity contribution is 1.01. The van der Waals surface area contributed by atoms with Crippen LogP contribution in [0, 0.1) is 6.07 Å². The van der Waals surface area contributed by atoms with E-state index in [1.165, 1.54) is 0 Å². The number of aromatic nitrogens is 2. The van der Waals surface area contributed by atoms with Crippen molar-refractivity contribution >= 4 is 10.8 Å². The highest BCUT2D eigenvalue weighted by atomic mass is 16.1. The first-order valence-corrected chi connectivity index (χ1v) is 3.22. The molecular formula is C8H5N2O. The van der Waals surface area contributed by atoms with Crippen molar-refractivity contribution in [2.24, 2.45) is 0 Å². The van der Waals surface area contributed by atoms with Gasteiger partial charge in [-0.2, -0.15) is 5.10 Å². The van der Waals surface area contributed by atoms with Gasteiger partial charge in [0.05, 0.1) is 11.6 Å². The molecule has 0 unspecified atom stereocenters. The van der Waals surface area contributed by atoms with E-state index in [9.17, 15) is 4.79 Å². The van der Waals surface area contributed by atoms with Gasteiger partial charge in [-0.15, -0.1) is 0 Å². The van der Waals surface area contributed by atoms with Crippen molar-refractivity contribution in [1.82, 2.24) is 10.2 Å². The zero-order valence-electron chi connectivity index (χ0n) is 5.66. The van der Waals surface area contributed by atoms with Gasteiger partial charge in [0.25, 0.3) is 5.56 Å². The smallest absolute Gasteiger partial charge is 0.267 e. The van der Waals surface area contributed by atoms with E-state index in [0.717, 1.165) is 5.39 Å². The highest BCUT2D eigenvalue weighted by Crippen LogP contribution is 2.03. The molecule has 1 aromatic carbocycles. The normalized spacial score (nSPS) is 10.2. The van der Waals surface area contributed by atoms with E-state index in [1.807, 2.05) is 12.1 Å². The van der Waals surface area contributed by atoms with E-state index in [-0.39, 0.29) is 5.56 Å². The summed E-state index contributed by atoms with van der Waals surface area (Å²) in [5.41, 5.74) is -0.192. The molecule has 0 aliphatic rings. The first-order valence-electron chi connectivity index (χ1n) is 3.22. The summed E-state index contributed by atoms with van der Waals surface area (Å²) in [6.07, 6.45) is 1.60. The van der Waals surface area contributed by atoms with Gasteiger partial charge in [-0.3, -0.25) is 4.79 Å². The Morgan fingerprint density at radius 1 is 1.55 bits per heavy atom. The second-order valence-corrected chi connectivity index (χ2v) is 2.20. The molecule has 0 aliphatic carbocycles. The summed E-state index contributed by atoms with van der Waals surface area (Å²) < 4.78 is 0. The molecule has 1 N–H and O–H groups in total. The maximum atomic E-state index is 11.0. The number of hydrogen-bond acceptors (Lipinski definition) is 2. The van der Waals surface area contributed by atoms with Gasteiger partial charge in [0, 0.05) is 5.39 Å². The van der Waals surface area contributed by atoms with E-state index < -0.39 is 0 Å². The summed E-state index contributed by atoms with van der Waals surface area (Å²) in [4.78, 5) is 11.0. The molecule has 53 valence electrons. The second kappa shape index (κ2) is 2.20. The minimum Gasteiger partial charge on any atom is -0.267 e. The fraction of sp³-hybridized carbons (Fsp3) is 0. The van der Waals surface area contributed by atoms with Gasteiger partial charge in [-0.25, -0.2) is 5.10 Å². The molecule has 0 saturated heterocycles. The quantitative estimate of drug-likeness (QED) is 0.593. The first-order chi connectivity index (χ1) is 5.38. The molecule has 0 atom stereocenters. The van der Waals surface area contributed by atoms with Crippen molar-refractivity contribution in [3.63, 3.8) is 0 Å². The Hall–Kier alpha value is -1.64. The molecule has 0 fully saturated rings. The lowest BCUT2D eigenvalue weighted by Gasteiger charge is -1.90. The number of benzene rings is 1. The summed E-state index contributed by atoms with van der Waals surface area (Å²) in [5.74, 6) is 0. The molecule has 1 aromatic heterocycles. The minimum atomic E-state index is -0.192. The summed E-state index contributed by atoms with van der Waals surface area (Å²) in [6, 6.07) is 8.19. The van der Waals surface area contributed by atoms with Crippen molar-refractivity contribution < 1.29 is 0 Å². The topological polar surface area (TPSA) is 45.8 Å². The number of rotatable bonds is 0. The molecule has 0 saturated carbocycles. The predicted molar refractivity (Wildman–Crippen MR) is 41.2 cm³/mol. The average molecular weight is 145 g/mol. The molecule has 0 aliphatic heterocycles. The van der Waals surface area contributed by atoms with Crippen LogP contribution in [0.5, 0.6) is 0 Å². The van der Waals surface area contributed by atoms with E-state index in [2.05, 4.69) is 16.3 Å². The monoisotopic (exact) mass is 145 g/mol. The molecule has 3 nitrogen and oxygen atoms in total. The number of aromatic amines is 1. The van der Waals surface area contributed by atoms with Crippen LogP contribution in [0.4, 0.5) is 0 Å². The zero-order chi connectivity index (χ0) is 7.68. The third kappa shape index (κ3) is 0.902.